The number of carbonyl (C=O) groups is 3. The Labute approximate surface area is 184 Å². The quantitative estimate of drug-likeness (QED) is 0.641. The second kappa shape index (κ2) is 7.56. The van der Waals surface area contributed by atoms with E-state index in [-0.39, 0.29) is 12.5 Å². The van der Waals surface area contributed by atoms with Crippen LogP contribution in [-0.4, -0.2) is 35.9 Å². The van der Waals surface area contributed by atoms with Crippen LogP contribution in [0.15, 0.2) is 77.4 Å². The molecule has 2 unspecified atom stereocenters. The smallest absolute Gasteiger partial charge is 0.325 e. The molecule has 8 nitrogen and oxygen atoms in total. The number of nitrogens with zero attached hydrogens (tertiary/aromatic N) is 2. The molecule has 5 rings (SSSR count). The molecule has 0 aliphatic carbocycles. The molecule has 1 saturated heterocycles. The molecule has 3 heterocycles. The molecule has 0 spiro atoms. The number of fused-ring (bicyclic) bond motifs is 1. The summed E-state index contributed by atoms with van der Waals surface area (Å²) in [4.78, 5) is 41.9. The van der Waals surface area contributed by atoms with Gasteiger partial charge < -0.3 is 14.5 Å². The highest BCUT2D eigenvalue weighted by Crippen LogP contribution is 2.39. The summed E-state index contributed by atoms with van der Waals surface area (Å²) in [7, 11) is 0. The number of hydrogen-bond acceptors (Lipinski definition) is 5. The van der Waals surface area contributed by atoms with E-state index >= 15 is 0 Å². The average molecular weight is 431 g/mol. The molecule has 1 N–H and O–H groups in total. The lowest BCUT2D eigenvalue weighted by Crippen LogP contribution is -2.48. The molecule has 2 atom stereocenters. The standard InChI is InChI=1S/C24H21N3O5/c1-24(20-12-7-13-31-20)22(29)26(23(30)25-24)14-21(28)27-17-10-5-6-11-19(17)32-15-18(27)16-8-3-2-4-9-16/h2-13,18H,14-15H2,1H3,(H,25,30). The zero-order chi connectivity index (χ0) is 22.3. The Morgan fingerprint density at radius 2 is 1.81 bits per heavy atom. The number of carbonyl (C=O) groups excluding carboxylic acids is 3. The van der Waals surface area contributed by atoms with Crippen LogP contribution in [0.1, 0.15) is 24.3 Å². The van der Waals surface area contributed by atoms with Gasteiger partial charge in [-0.05, 0) is 36.8 Å². The minimum atomic E-state index is -1.36. The highest BCUT2D eigenvalue weighted by molar-refractivity contribution is 6.10. The Balaban J connectivity index is 1.47. The molecule has 8 heteroatoms. The van der Waals surface area contributed by atoms with Gasteiger partial charge in [-0.2, -0.15) is 0 Å². The summed E-state index contributed by atoms with van der Waals surface area (Å²) in [6.07, 6.45) is 1.43. The Bertz CT molecular complexity index is 1180. The summed E-state index contributed by atoms with van der Waals surface area (Å²) in [5, 5.41) is 2.65. The van der Waals surface area contributed by atoms with Crippen molar-refractivity contribution in [2.45, 2.75) is 18.5 Å². The number of furan rings is 1. The van der Waals surface area contributed by atoms with Crippen LogP contribution in [0, 0.1) is 0 Å². The lowest BCUT2D eigenvalue weighted by molar-refractivity contribution is -0.134. The van der Waals surface area contributed by atoms with Crippen LogP contribution in [0.2, 0.25) is 0 Å². The van der Waals surface area contributed by atoms with Gasteiger partial charge in [0.25, 0.3) is 5.91 Å². The molecule has 162 valence electrons. The largest absolute Gasteiger partial charge is 0.489 e. The van der Waals surface area contributed by atoms with Gasteiger partial charge in [0.1, 0.15) is 24.7 Å². The van der Waals surface area contributed by atoms with Crippen molar-refractivity contribution in [3.05, 3.63) is 84.3 Å². The van der Waals surface area contributed by atoms with Gasteiger partial charge >= 0.3 is 6.03 Å². The summed E-state index contributed by atoms with van der Waals surface area (Å²) in [6.45, 7) is 1.42. The van der Waals surface area contributed by atoms with E-state index < -0.39 is 30.1 Å². The van der Waals surface area contributed by atoms with Crippen molar-refractivity contribution >= 4 is 23.5 Å². The molecule has 0 radical (unpaired) electrons. The summed E-state index contributed by atoms with van der Waals surface area (Å²) in [5.74, 6) is -0.0410. The van der Waals surface area contributed by atoms with Gasteiger partial charge in [0.2, 0.25) is 5.91 Å². The Hall–Kier alpha value is -4.07. The van der Waals surface area contributed by atoms with Crippen LogP contribution >= 0.6 is 0 Å². The molecule has 3 aromatic rings. The third-order valence-corrected chi connectivity index (χ3v) is 5.87. The lowest BCUT2D eigenvalue weighted by Gasteiger charge is -2.37. The molecule has 0 saturated carbocycles. The van der Waals surface area contributed by atoms with Gasteiger partial charge in [-0.3, -0.25) is 19.4 Å². The first-order valence-electron chi connectivity index (χ1n) is 10.3. The first-order chi connectivity index (χ1) is 15.5. The molecule has 2 aliphatic rings. The van der Waals surface area contributed by atoms with E-state index in [0.717, 1.165) is 10.5 Å². The van der Waals surface area contributed by atoms with E-state index in [1.54, 1.807) is 36.1 Å². The number of urea groups is 1. The number of anilines is 1. The number of amides is 4. The first-order valence-corrected chi connectivity index (χ1v) is 10.3. The summed E-state index contributed by atoms with van der Waals surface area (Å²) in [6, 6.07) is 19.0. The first kappa shape index (κ1) is 19.9. The van der Waals surface area contributed by atoms with Crippen LogP contribution in [-0.2, 0) is 15.1 Å². The van der Waals surface area contributed by atoms with Crippen LogP contribution in [0.5, 0.6) is 5.75 Å². The topological polar surface area (TPSA) is 92.1 Å². The number of para-hydroxylation sites is 2. The van der Waals surface area contributed by atoms with E-state index in [9.17, 15) is 14.4 Å². The van der Waals surface area contributed by atoms with Crippen molar-refractivity contribution in [2.75, 3.05) is 18.1 Å². The molecule has 1 fully saturated rings. The zero-order valence-corrected chi connectivity index (χ0v) is 17.4. The Kier molecular flexibility index (Phi) is 4.70. The van der Waals surface area contributed by atoms with Gasteiger partial charge in [0.15, 0.2) is 5.54 Å². The maximum Gasteiger partial charge on any atom is 0.325 e. The van der Waals surface area contributed by atoms with Crippen molar-refractivity contribution < 1.29 is 23.5 Å². The van der Waals surface area contributed by atoms with E-state index in [0.29, 0.717) is 17.2 Å². The highest BCUT2D eigenvalue weighted by atomic mass is 16.5. The third kappa shape index (κ3) is 3.11. The fraction of sp³-hybridized carbons (Fsp3) is 0.208. The SMILES string of the molecule is CC1(c2ccco2)NC(=O)N(CC(=O)N2c3ccccc3OCC2c2ccccc2)C1=O. The minimum Gasteiger partial charge on any atom is -0.489 e. The predicted octanol–water partition coefficient (Wildman–Crippen LogP) is 3.21. The minimum absolute atomic E-state index is 0.261. The second-order valence-electron chi connectivity index (χ2n) is 7.89. The maximum atomic E-state index is 13.6. The zero-order valence-electron chi connectivity index (χ0n) is 17.4. The van der Waals surface area contributed by atoms with Gasteiger partial charge in [0, 0.05) is 0 Å². The predicted molar refractivity (Wildman–Crippen MR) is 115 cm³/mol. The molecular formula is C24H21N3O5. The molecule has 1 aromatic heterocycles. The third-order valence-electron chi connectivity index (χ3n) is 5.87. The summed E-state index contributed by atoms with van der Waals surface area (Å²) < 4.78 is 11.3. The fourth-order valence-electron chi connectivity index (χ4n) is 4.20. The summed E-state index contributed by atoms with van der Waals surface area (Å²) in [5.41, 5.74) is 0.134. The number of benzene rings is 2. The number of rotatable bonds is 4. The average Bonchev–Trinajstić information content (AvgIpc) is 3.43. The second-order valence-corrected chi connectivity index (χ2v) is 7.89. The highest BCUT2D eigenvalue weighted by Gasteiger charge is 2.52. The molecule has 2 aromatic carbocycles. The number of imide groups is 1. The summed E-state index contributed by atoms with van der Waals surface area (Å²) >= 11 is 0. The number of ether oxygens (including phenoxy) is 1. The fourth-order valence-corrected chi connectivity index (χ4v) is 4.20. The van der Waals surface area contributed by atoms with E-state index in [1.807, 2.05) is 42.5 Å². The van der Waals surface area contributed by atoms with E-state index in [2.05, 4.69) is 5.32 Å². The van der Waals surface area contributed by atoms with Crippen molar-refractivity contribution in [1.82, 2.24) is 10.2 Å². The normalized spacial score (nSPS) is 22.3. The maximum absolute atomic E-state index is 13.6. The van der Waals surface area contributed by atoms with Gasteiger partial charge in [-0.15, -0.1) is 0 Å². The lowest BCUT2D eigenvalue weighted by atomic mass is 9.99. The number of hydrogen-bond donors (Lipinski definition) is 1. The van der Waals surface area contributed by atoms with E-state index in [1.165, 1.54) is 6.26 Å². The van der Waals surface area contributed by atoms with Gasteiger partial charge in [-0.1, -0.05) is 42.5 Å². The monoisotopic (exact) mass is 431 g/mol. The van der Waals surface area contributed by atoms with Crippen LogP contribution in [0.3, 0.4) is 0 Å². The van der Waals surface area contributed by atoms with Gasteiger partial charge in [0.05, 0.1) is 18.0 Å². The molecule has 32 heavy (non-hydrogen) atoms. The Morgan fingerprint density at radius 3 is 2.56 bits per heavy atom. The molecule has 4 amide bonds. The van der Waals surface area contributed by atoms with Crippen LogP contribution < -0.4 is 15.0 Å². The van der Waals surface area contributed by atoms with Crippen LogP contribution in [0.25, 0.3) is 0 Å². The van der Waals surface area contributed by atoms with Crippen molar-refractivity contribution in [1.29, 1.82) is 0 Å². The molecular weight excluding hydrogens is 410 g/mol. The molecule has 2 aliphatic heterocycles. The van der Waals surface area contributed by atoms with Crippen molar-refractivity contribution in [3.63, 3.8) is 0 Å². The van der Waals surface area contributed by atoms with Crippen molar-refractivity contribution in [2.24, 2.45) is 0 Å². The van der Waals surface area contributed by atoms with Crippen molar-refractivity contribution in [3.8, 4) is 5.75 Å². The van der Waals surface area contributed by atoms with Crippen LogP contribution in [0.4, 0.5) is 10.5 Å². The number of nitrogens with one attached hydrogen (secondary N) is 1. The van der Waals surface area contributed by atoms with E-state index in [4.69, 9.17) is 9.15 Å². The Morgan fingerprint density at radius 1 is 1.06 bits per heavy atom. The molecule has 0 bridgehead atoms. The van der Waals surface area contributed by atoms with Gasteiger partial charge in [-0.25, -0.2) is 4.79 Å².